The van der Waals surface area contributed by atoms with Crippen molar-refractivity contribution in [3.05, 3.63) is 22.5 Å². The van der Waals surface area contributed by atoms with Crippen LogP contribution in [-0.4, -0.2) is 30.8 Å². The van der Waals surface area contributed by atoms with Crippen LogP contribution >= 0.6 is 11.6 Å². The molecule has 3 N–H and O–H groups in total. The number of hydroxylamine groups is 1. The fourth-order valence-electron chi connectivity index (χ4n) is 1.69. The van der Waals surface area contributed by atoms with E-state index in [1.165, 1.54) is 13.2 Å². The summed E-state index contributed by atoms with van der Waals surface area (Å²) < 4.78 is 18.9. The molecule has 1 amide bonds. The highest BCUT2D eigenvalue weighted by atomic mass is 35.5. The van der Waals surface area contributed by atoms with E-state index in [4.69, 9.17) is 21.2 Å². The third-order valence-electron chi connectivity index (χ3n) is 2.73. The van der Waals surface area contributed by atoms with Gasteiger partial charge in [-0.2, -0.15) is 0 Å². The van der Waals surface area contributed by atoms with Gasteiger partial charge in [-0.3, -0.25) is 14.9 Å². The van der Waals surface area contributed by atoms with Gasteiger partial charge in [-0.05, 0) is 0 Å². The van der Waals surface area contributed by atoms with Crippen LogP contribution < -0.4 is 15.5 Å². The van der Waals surface area contributed by atoms with Gasteiger partial charge in [-0.15, -0.1) is 0 Å². The second-order valence-corrected chi connectivity index (χ2v) is 4.29. The van der Waals surface area contributed by atoms with Crippen LogP contribution in [0.15, 0.2) is 6.07 Å². The maximum Gasteiger partial charge on any atom is 0.263 e. The molecule has 0 radical (unpaired) electrons. The molecule has 8 heteroatoms. The van der Waals surface area contributed by atoms with E-state index in [1.807, 2.05) is 0 Å². The van der Waals surface area contributed by atoms with Crippen molar-refractivity contribution >= 4 is 17.5 Å². The molecular formula is C11H12ClFN2O4. The van der Waals surface area contributed by atoms with Gasteiger partial charge in [0.1, 0.15) is 22.6 Å². The van der Waals surface area contributed by atoms with E-state index in [9.17, 15) is 14.3 Å². The molecule has 1 saturated heterocycles. The third kappa shape index (κ3) is 2.73. The molecule has 0 aromatic heterocycles. The minimum atomic E-state index is -0.787. The first-order chi connectivity index (χ1) is 9.04. The number of aromatic hydroxyl groups is 1. The van der Waals surface area contributed by atoms with Crippen LogP contribution in [0.25, 0.3) is 0 Å². The number of amides is 1. The molecule has 1 fully saturated rings. The minimum Gasteiger partial charge on any atom is -0.506 e. The van der Waals surface area contributed by atoms with Gasteiger partial charge in [-0.25, -0.2) is 9.87 Å². The number of halogens is 2. The number of hydrogen-bond acceptors (Lipinski definition) is 5. The van der Waals surface area contributed by atoms with E-state index in [1.54, 1.807) is 0 Å². The average molecular weight is 291 g/mol. The smallest absolute Gasteiger partial charge is 0.263 e. The largest absolute Gasteiger partial charge is 0.506 e. The molecule has 19 heavy (non-hydrogen) atoms. The van der Waals surface area contributed by atoms with Gasteiger partial charge >= 0.3 is 0 Å². The van der Waals surface area contributed by atoms with Gasteiger partial charge in [0.2, 0.25) is 0 Å². The summed E-state index contributed by atoms with van der Waals surface area (Å²) in [4.78, 5) is 16.0. The van der Waals surface area contributed by atoms with Gasteiger partial charge in [0.05, 0.1) is 13.7 Å². The number of nitrogens with one attached hydrogen (secondary N) is 2. The van der Waals surface area contributed by atoms with Gasteiger partial charge in [0.25, 0.3) is 5.91 Å². The normalized spacial score (nSPS) is 18.5. The number of carbonyl (C=O) groups is 1. The van der Waals surface area contributed by atoms with E-state index in [-0.39, 0.29) is 35.4 Å². The number of methoxy groups -OCH3 is 1. The van der Waals surface area contributed by atoms with Crippen LogP contribution in [0.5, 0.6) is 11.5 Å². The standard InChI is InChI=1S/C11H12ClFN2O4/c1-18-8-2-7(16)9(12)10(13)5(8)3-14-6-4-19-15-11(6)17/h2,6,14,16H,3-4H2,1H3,(H,15,17). The van der Waals surface area contributed by atoms with Crippen molar-refractivity contribution in [1.82, 2.24) is 10.8 Å². The summed E-state index contributed by atoms with van der Waals surface area (Å²) in [5, 5.41) is 11.8. The average Bonchev–Trinajstić information content (AvgIpc) is 2.80. The van der Waals surface area contributed by atoms with E-state index in [0.717, 1.165) is 0 Å². The van der Waals surface area contributed by atoms with Crippen molar-refractivity contribution in [3.63, 3.8) is 0 Å². The molecular weight excluding hydrogens is 279 g/mol. The summed E-state index contributed by atoms with van der Waals surface area (Å²) in [5.74, 6) is -1.37. The van der Waals surface area contributed by atoms with E-state index in [0.29, 0.717) is 0 Å². The van der Waals surface area contributed by atoms with Crippen LogP contribution in [0, 0.1) is 5.82 Å². The van der Waals surface area contributed by atoms with Gasteiger partial charge in [0, 0.05) is 18.2 Å². The Bertz CT molecular complexity index is 512. The zero-order valence-electron chi connectivity index (χ0n) is 10.00. The molecule has 0 bridgehead atoms. The quantitative estimate of drug-likeness (QED) is 0.761. The lowest BCUT2D eigenvalue weighted by Crippen LogP contribution is -2.37. The Morgan fingerprint density at radius 3 is 3.05 bits per heavy atom. The summed E-state index contributed by atoms with van der Waals surface area (Å²) in [7, 11) is 1.34. The van der Waals surface area contributed by atoms with Crippen LogP contribution in [0.4, 0.5) is 4.39 Å². The molecule has 6 nitrogen and oxygen atoms in total. The third-order valence-corrected chi connectivity index (χ3v) is 3.09. The predicted octanol–water partition coefficient (Wildman–Crippen LogP) is 0.713. The van der Waals surface area contributed by atoms with Crippen molar-refractivity contribution in [2.45, 2.75) is 12.6 Å². The van der Waals surface area contributed by atoms with Crippen molar-refractivity contribution in [2.75, 3.05) is 13.7 Å². The minimum absolute atomic E-state index is 0.0104. The Balaban J connectivity index is 2.19. The summed E-state index contributed by atoms with van der Waals surface area (Å²) in [6.45, 7) is 0.158. The molecule has 1 aromatic rings. The van der Waals surface area contributed by atoms with Crippen molar-refractivity contribution in [1.29, 1.82) is 0 Å². The Labute approximate surface area is 113 Å². The highest BCUT2D eigenvalue weighted by molar-refractivity contribution is 6.32. The molecule has 1 aliphatic rings. The number of carbonyl (C=O) groups excluding carboxylic acids is 1. The Kier molecular flexibility index (Phi) is 4.08. The highest BCUT2D eigenvalue weighted by Crippen LogP contribution is 2.35. The SMILES string of the molecule is COc1cc(O)c(Cl)c(F)c1CNC1CONC1=O. The maximum atomic E-state index is 13.9. The molecule has 2 rings (SSSR count). The van der Waals surface area contributed by atoms with Crippen LogP contribution in [0.1, 0.15) is 5.56 Å². The summed E-state index contributed by atoms with van der Waals surface area (Å²) in [6.07, 6.45) is 0. The zero-order chi connectivity index (χ0) is 14.0. The Hall–Kier alpha value is -1.57. The second kappa shape index (κ2) is 5.60. The first kappa shape index (κ1) is 13.9. The predicted molar refractivity (Wildman–Crippen MR) is 64.3 cm³/mol. The van der Waals surface area contributed by atoms with Crippen LogP contribution in [-0.2, 0) is 16.2 Å². The first-order valence-electron chi connectivity index (χ1n) is 5.43. The lowest BCUT2D eigenvalue weighted by Gasteiger charge is -2.14. The molecule has 104 valence electrons. The summed E-state index contributed by atoms with van der Waals surface area (Å²) >= 11 is 5.62. The lowest BCUT2D eigenvalue weighted by molar-refractivity contribution is -0.125. The first-order valence-corrected chi connectivity index (χ1v) is 5.81. The zero-order valence-corrected chi connectivity index (χ0v) is 10.8. The Morgan fingerprint density at radius 1 is 1.74 bits per heavy atom. The number of benzene rings is 1. The molecule has 1 aliphatic heterocycles. The van der Waals surface area contributed by atoms with Gasteiger partial charge in [-0.1, -0.05) is 11.6 Å². The lowest BCUT2D eigenvalue weighted by atomic mass is 10.1. The van der Waals surface area contributed by atoms with Crippen molar-refractivity contribution in [2.24, 2.45) is 0 Å². The molecule has 1 unspecified atom stereocenters. The maximum absolute atomic E-state index is 13.9. The van der Waals surface area contributed by atoms with E-state index >= 15 is 0 Å². The number of hydrogen-bond donors (Lipinski definition) is 3. The highest BCUT2D eigenvalue weighted by Gasteiger charge is 2.26. The monoisotopic (exact) mass is 290 g/mol. The fourth-order valence-corrected chi connectivity index (χ4v) is 1.86. The molecule has 0 saturated carbocycles. The Morgan fingerprint density at radius 2 is 2.47 bits per heavy atom. The summed E-state index contributed by atoms with van der Waals surface area (Å²) in [6, 6.07) is 0.643. The van der Waals surface area contributed by atoms with E-state index < -0.39 is 17.6 Å². The van der Waals surface area contributed by atoms with Crippen LogP contribution in [0.2, 0.25) is 5.02 Å². The topological polar surface area (TPSA) is 79.8 Å². The van der Waals surface area contributed by atoms with Crippen LogP contribution in [0.3, 0.4) is 0 Å². The number of phenols is 1. The molecule has 1 heterocycles. The summed E-state index contributed by atoms with van der Waals surface area (Å²) in [5.41, 5.74) is 2.31. The van der Waals surface area contributed by atoms with Crippen molar-refractivity contribution < 1.29 is 23.9 Å². The molecule has 0 aliphatic carbocycles. The number of rotatable bonds is 4. The molecule has 1 atom stereocenters. The molecule has 1 aromatic carbocycles. The van der Waals surface area contributed by atoms with E-state index in [2.05, 4.69) is 10.8 Å². The molecule has 0 spiro atoms. The van der Waals surface area contributed by atoms with Gasteiger partial charge < -0.3 is 9.84 Å². The van der Waals surface area contributed by atoms with Crippen molar-refractivity contribution in [3.8, 4) is 11.5 Å². The van der Waals surface area contributed by atoms with Gasteiger partial charge in [0.15, 0.2) is 5.82 Å². The number of phenolic OH excluding ortho intramolecular Hbond substituents is 1. The number of ether oxygens (including phenoxy) is 1. The fraction of sp³-hybridized carbons (Fsp3) is 0.364. The second-order valence-electron chi connectivity index (χ2n) is 3.92.